The van der Waals surface area contributed by atoms with E-state index >= 15 is 0 Å². The highest BCUT2D eigenvalue weighted by atomic mass is 19.2. The Hall–Kier alpha value is -2.29. The van der Waals surface area contributed by atoms with Gasteiger partial charge in [0.1, 0.15) is 0 Å². The number of hydrogen-bond donors (Lipinski definition) is 1. The Balaban J connectivity index is 1.78. The molecule has 27 heavy (non-hydrogen) atoms. The van der Waals surface area contributed by atoms with E-state index in [-0.39, 0.29) is 29.5 Å². The zero-order valence-electron chi connectivity index (χ0n) is 15.2. The number of nitrogens with zero attached hydrogens (tertiary/aromatic N) is 2. The largest absolute Gasteiger partial charge is 0.381 e. The predicted octanol–water partition coefficient (Wildman–Crippen LogP) is 2.45. The van der Waals surface area contributed by atoms with Crippen molar-refractivity contribution in [1.29, 1.82) is 0 Å². The molecule has 2 fully saturated rings. The van der Waals surface area contributed by atoms with Gasteiger partial charge in [0, 0.05) is 63.6 Å². The summed E-state index contributed by atoms with van der Waals surface area (Å²) in [5.74, 6) is -4.79. The number of likely N-dealkylation sites (tertiary alicyclic amines) is 1. The molecule has 2 aliphatic rings. The van der Waals surface area contributed by atoms with E-state index in [0.29, 0.717) is 32.6 Å². The number of rotatable bonds is 2. The molecule has 0 radical (unpaired) electrons. The summed E-state index contributed by atoms with van der Waals surface area (Å²) < 4.78 is 45.2. The first-order chi connectivity index (χ1) is 12.7. The molecule has 3 rings (SSSR count). The minimum Gasteiger partial charge on any atom is -0.381 e. The number of carbonyl (C=O) groups is 2. The smallest absolute Gasteiger partial charge is 0.321 e. The number of amides is 3. The summed E-state index contributed by atoms with van der Waals surface area (Å²) in [6.07, 6.45) is 1.31. The maximum Gasteiger partial charge on any atom is 0.321 e. The Bertz CT molecular complexity index is 728. The van der Waals surface area contributed by atoms with Crippen LogP contribution in [0.2, 0.25) is 0 Å². The van der Waals surface area contributed by atoms with Crippen LogP contribution in [0.1, 0.15) is 12.8 Å². The molecule has 0 aromatic heterocycles. The van der Waals surface area contributed by atoms with Crippen molar-refractivity contribution >= 4 is 17.6 Å². The third-order valence-corrected chi connectivity index (χ3v) is 5.40. The average Bonchev–Trinajstić information content (AvgIpc) is 2.98. The highest BCUT2D eigenvalue weighted by molar-refractivity contribution is 5.90. The lowest BCUT2D eigenvalue weighted by atomic mass is 9.71. The highest BCUT2D eigenvalue weighted by Crippen LogP contribution is 2.45. The van der Waals surface area contributed by atoms with Gasteiger partial charge in [0.05, 0.1) is 5.92 Å². The van der Waals surface area contributed by atoms with Gasteiger partial charge in [-0.25, -0.2) is 18.0 Å². The molecule has 0 bridgehead atoms. The van der Waals surface area contributed by atoms with Crippen molar-refractivity contribution in [2.24, 2.45) is 11.3 Å². The molecule has 1 spiro atoms. The van der Waals surface area contributed by atoms with Gasteiger partial charge in [-0.15, -0.1) is 0 Å². The van der Waals surface area contributed by atoms with Crippen LogP contribution in [0, 0.1) is 28.8 Å². The van der Waals surface area contributed by atoms with Gasteiger partial charge >= 0.3 is 6.03 Å². The summed E-state index contributed by atoms with van der Waals surface area (Å²) in [6.45, 7) is 1.58. The lowest BCUT2D eigenvalue weighted by molar-refractivity contribution is -0.138. The fourth-order valence-corrected chi connectivity index (χ4v) is 3.89. The monoisotopic (exact) mass is 385 g/mol. The second-order valence-electron chi connectivity index (χ2n) is 7.32. The van der Waals surface area contributed by atoms with E-state index < -0.39 is 23.5 Å². The van der Waals surface area contributed by atoms with Crippen LogP contribution in [0.4, 0.5) is 23.7 Å². The van der Waals surface area contributed by atoms with Crippen molar-refractivity contribution < 1.29 is 27.5 Å². The number of ether oxygens (including phenoxy) is 1. The fourth-order valence-electron chi connectivity index (χ4n) is 3.89. The Morgan fingerprint density at radius 2 is 1.78 bits per heavy atom. The SMILES string of the molecule is CN(C)C(=O)C1CN(C(=O)Nc2cc(F)c(F)c(F)c2)CC12CCOCC2. The van der Waals surface area contributed by atoms with E-state index in [1.807, 2.05) is 0 Å². The van der Waals surface area contributed by atoms with E-state index in [0.717, 1.165) is 12.1 Å². The van der Waals surface area contributed by atoms with Crippen molar-refractivity contribution in [2.75, 3.05) is 45.7 Å². The third-order valence-electron chi connectivity index (χ3n) is 5.40. The fraction of sp³-hybridized carbons (Fsp3) is 0.556. The molecule has 3 amide bonds. The van der Waals surface area contributed by atoms with E-state index in [2.05, 4.69) is 5.32 Å². The maximum absolute atomic E-state index is 13.4. The van der Waals surface area contributed by atoms with Crippen LogP contribution >= 0.6 is 0 Å². The molecule has 0 aliphatic carbocycles. The number of carbonyl (C=O) groups excluding carboxylic acids is 2. The molecule has 1 unspecified atom stereocenters. The van der Waals surface area contributed by atoms with Crippen molar-refractivity contribution in [3.8, 4) is 0 Å². The van der Waals surface area contributed by atoms with Crippen LogP contribution in [-0.4, -0.2) is 62.1 Å². The molecular formula is C18H22F3N3O3. The standard InChI is InChI=1S/C18H22F3N3O3/c1-23(2)16(25)12-9-24(10-18(12)3-5-27-6-4-18)17(26)22-11-7-13(19)15(21)14(20)8-11/h7-8,12H,3-6,9-10H2,1-2H3,(H,22,26). The Kier molecular flexibility index (Phi) is 5.32. The molecule has 1 aromatic carbocycles. The highest BCUT2D eigenvalue weighted by Gasteiger charge is 2.52. The van der Waals surface area contributed by atoms with E-state index in [1.165, 1.54) is 9.80 Å². The molecule has 6 nitrogen and oxygen atoms in total. The molecule has 2 heterocycles. The summed E-state index contributed by atoms with van der Waals surface area (Å²) in [7, 11) is 3.34. The first kappa shape index (κ1) is 19.5. The van der Waals surface area contributed by atoms with Gasteiger partial charge in [0.25, 0.3) is 0 Å². The van der Waals surface area contributed by atoms with Gasteiger partial charge in [-0.2, -0.15) is 0 Å². The van der Waals surface area contributed by atoms with Crippen LogP contribution in [0.3, 0.4) is 0 Å². The van der Waals surface area contributed by atoms with Crippen LogP contribution in [0.5, 0.6) is 0 Å². The summed E-state index contributed by atoms with van der Waals surface area (Å²) >= 11 is 0. The number of benzene rings is 1. The Labute approximate surface area is 155 Å². The van der Waals surface area contributed by atoms with Gasteiger partial charge in [0.2, 0.25) is 5.91 Å². The molecule has 1 N–H and O–H groups in total. The molecule has 1 aromatic rings. The van der Waals surface area contributed by atoms with Crippen LogP contribution < -0.4 is 5.32 Å². The van der Waals surface area contributed by atoms with Gasteiger partial charge in [-0.3, -0.25) is 4.79 Å². The predicted molar refractivity (Wildman–Crippen MR) is 91.6 cm³/mol. The minimum absolute atomic E-state index is 0.0638. The zero-order valence-corrected chi connectivity index (χ0v) is 15.2. The second-order valence-corrected chi connectivity index (χ2v) is 7.32. The summed E-state index contributed by atoms with van der Waals surface area (Å²) in [5, 5.41) is 2.39. The summed E-state index contributed by atoms with van der Waals surface area (Å²) in [6, 6.07) is 0.860. The van der Waals surface area contributed by atoms with Crippen molar-refractivity contribution in [1.82, 2.24) is 9.80 Å². The normalized spacial score (nSPS) is 21.4. The van der Waals surface area contributed by atoms with Crippen molar-refractivity contribution in [2.45, 2.75) is 12.8 Å². The quantitative estimate of drug-likeness (QED) is 0.796. The number of nitrogens with one attached hydrogen (secondary N) is 1. The maximum atomic E-state index is 13.4. The second kappa shape index (κ2) is 7.38. The molecule has 1 atom stereocenters. The number of halogens is 3. The minimum atomic E-state index is -1.59. The van der Waals surface area contributed by atoms with E-state index in [9.17, 15) is 22.8 Å². The molecule has 9 heteroatoms. The molecule has 148 valence electrons. The Morgan fingerprint density at radius 3 is 2.33 bits per heavy atom. The molecule has 2 saturated heterocycles. The summed E-state index contributed by atoms with van der Waals surface area (Å²) in [4.78, 5) is 28.2. The van der Waals surface area contributed by atoms with Gasteiger partial charge < -0.3 is 19.9 Å². The third kappa shape index (κ3) is 3.73. The molecule has 0 saturated carbocycles. The van der Waals surface area contributed by atoms with E-state index in [4.69, 9.17) is 4.74 Å². The van der Waals surface area contributed by atoms with Crippen molar-refractivity contribution in [3.63, 3.8) is 0 Å². The molecular weight excluding hydrogens is 363 g/mol. The first-order valence-corrected chi connectivity index (χ1v) is 8.73. The van der Waals surface area contributed by atoms with Gasteiger partial charge in [0.15, 0.2) is 17.5 Å². The first-order valence-electron chi connectivity index (χ1n) is 8.73. The van der Waals surface area contributed by atoms with E-state index in [1.54, 1.807) is 14.1 Å². The lowest BCUT2D eigenvalue weighted by Gasteiger charge is -2.37. The lowest BCUT2D eigenvalue weighted by Crippen LogP contribution is -2.44. The number of anilines is 1. The average molecular weight is 385 g/mol. The van der Waals surface area contributed by atoms with Crippen molar-refractivity contribution in [3.05, 3.63) is 29.6 Å². The van der Waals surface area contributed by atoms with Crippen LogP contribution in [-0.2, 0) is 9.53 Å². The Morgan fingerprint density at radius 1 is 1.19 bits per heavy atom. The topological polar surface area (TPSA) is 61.9 Å². The molecule has 2 aliphatic heterocycles. The zero-order chi connectivity index (χ0) is 19.8. The summed E-state index contributed by atoms with van der Waals surface area (Å²) in [5.41, 5.74) is -0.559. The van der Waals surface area contributed by atoms with Gasteiger partial charge in [-0.1, -0.05) is 0 Å². The number of hydrogen-bond acceptors (Lipinski definition) is 3. The van der Waals surface area contributed by atoms with Crippen LogP contribution in [0.25, 0.3) is 0 Å². The van der Waals surface area contributed by atoms with Crippen LogP contribution in [0.15, 0.2) is 12.1 Å². The number of urea groups is 1. The van der Waals surface area contributed by atoms with Gasteiger partial charge in [-0.05, 0) is 12.8 Å².